The van der Waals surface area contributed by atoms with E-state index in [1.165, 1.54) is 0 Å². The van der Waals surface area contributed by atoms with Gasteiger partial charge in [0, 0.05) is 6.42 Å². The van der Waals surface area contributed by atoms with E-state index < -0.39 is 5.60 Å². The summed E-state index contributed by atoms with van der Waals surface area (Å²) in [6.45, 7) is 9.95. The van der Waals surface area contributed by atoms with Gasteiger partial charge in [0.1, 0.15) is 5.60 Å². The number of esters is 2. The molecule has 0 aromatic heterocycles. The Morgan fingerprint density at radius 2 is 1.80 bits per heavy atom. The molecule has 0 aliphatic heterocycles. The SMILES string of the molecule is CCOC(=O)C1CC(CC(=O)OC(C)(C)C)CC1CC. The van der Waals surface area contributed by atoms with Gasteiger partial charge in [0.2, 0.25) is 0 Å². The van der Waals surface area contributed by atoms with Gasteiger partial charge in [0.15, 0.2) is 0 Å². The van der Waals surface area contributed by atoms with Gasteiger partial charge in [-0.2, -0.15) is 0 Å². The molecule has 0 heterocycles. The lowest BCUT2D eigenvalue weighted by Gasteiger charge is -2.20. The van der Waals surface area contributed by atoms with Gasteiger partial charge in [0.05, 0.1) is 12.5 Å². The summed E-state index contributed by atoms with van der Waals surface area (Å²) in [6.07, 6.45) is 3.02. The highest BCUT2D eigenvalue weighted by Gasteiger charge is 2.39. The Morgan fingerprint density at radius 3 is 2.30 bits per heavy atom. The van der Waals surface area contributed by atoms with E-state index in [-0.39, 0.29) is 23.8 Å². The molecule has 1 fully saturated rings. The van der Waals surface area contributed by atoms with Crippen LogP contribution in [0, 0.1) is 17.8 Å². The summed E-state index contributed by atoms with van der Waals surface area (Å²) < 4.78 is 10.5. The zero-order chi connectivity index (χ0) is 15.3. The Balaban J connectivity index is 2.54. The standard InChI is InChI=1S/C16H28O4/c1-6-12-8-11(9-13(12)15(18)19-7-2)10-14(17)20-16(3,4)5/h11-13H,6-10H2,1-5H3. The summed E-state index contributed by atoms with van der Waals surface area (Å²) in [5.74, 6) is 0.256. The molecule has 0 saturated heterocycles. The van der Waals surface area contributed by atoms with Crippen molar-refractivity contribution >= 4 is 11.9 Å². The molecule has 0 N–H and O–H groups in total. The van der Waals surface area contributed by atoms with Crippen LogP contribution >= 0.6 is 0 Å². The number of ether oxygens (including phenoxy) is 2. The van der Waals surface area contributed by atoms with Crippen LogP contribution < -0.4 is 0 Å². The molecule has 4 nitrogen and oxygen atoms in total. The van der Waals surface area contributed by atoms with Crippen molar-refractivity contribution in [2.24, 2.45) is 17.8 Å². The van der Waals surface area contributed by atoms with Crippen LogP contribution in [-0.4, -0.2) is 24.1 Å². The molecular formula is C16H28O4. The molecule has 1 saturated carbocycles. The summed E-state index contributed by atoms with van der Waals surface area (Å²) in [6, 6.07) is 0. The molecule has 0 radical (unpaired) electrons. The smallest absolute Gasteiger partial charge is 0.309 e. The van der Waals surface area contributed by atoms with Crippen LogP contribution in [0.3, 0.4) is 0 Å². The number of hydrogen-bond acceptors (Lipinski definition) is 4. The summed E-state index contributed by atoms with van der Waals surface area (Å²) in [4.78, 5) is 23.8. The maximum atomic E-state index is 11.9. The average Bonchev–Trinajstić information content (AvgIpc) is 2.69. The van der Waals surface area contributed by atoms with Crippen LogP contribution in [0.15, 0.2) is 0 Å². The van der Waals surface area contributed by atoms with Crippen LogP contribution in [-0.2, 0) is 19.1 Å². The largest absolute Gasteiger partial charge is 0.466 e. The van der Waals surface area contributed by atoms with Gasteiger partial charge in [-0.15, -0.1) is 0 Å². The first-order valence-corrected chi connectivity index (χ1v) is 7.65. The van der Waals surface area contributed by atoms with Crippen LogP contribution in [0.1, 0.15) is 60.3 Å². The van der Waals surface area contributed by atoms with Crippen LogP contribution in [0.5, 0.6) is 0 Å². The Labute approximate surface area is 122 Å². The molecule has 1 rings (SSSR count). The zero-order valence-corrected chi connectivity index (χ0v) is 13.4. The highest BCUT2D eigenvalue weighted by Crippen LogP contribution is 2.41. The predicted molar refractivity (Wildman–Crippen MR) is 77.1 cm³/mol. The van der Waals surface area contributed by atoms with E-state index in [1.807, 2.05) is 27.7 Å². The van der Waals surface area contributed by atoms with Crippen molar-refractivity contribution in [1.29, 1.82) is 0 Å². The second kappa shape index (κ2) is 7.09. The minimum atomic E-state index is -0.444. The van der Waals surface area contributed by atoms with Crippen molar-refractivity contribution in [1.82, 2.24) is 0 Å². The summed E-state index contributed by atoms with van der Waals surface area (Å²) >= 11 is 0. The molecule has 0 aromatic carbocycles. The first-order valence-electron chi connectivity index (χ1n) is 7.65. The first-order chi connectivity index (χ1) is 9.26. The molecule has 0 bridgehead atoms. The number of carbonyl (C=O) groups excluding carboxylic acids is 2. The first kappa shape index (κ1) is 17.0. The van der Waals surface area contributed by atoms with Crippen LogP contribution in [0.2, 0.25) is 0 Å². The third-order valence-electron chi connectivity index (χ3n) is 3.78. The fraction of sp³-hybridized carbons (Fsp3) is 0.875. The normalized spacial score (nSPS) is 26.4. The van der Waals surface area contributed by atoms with Gasteiger partial charge in [-0.05, 0) is 52.4 Å². The third-order valence-corrected chi connectivity index (χ3v) is 3.78. The van der Waals surface area contributed by atoms with Gasteiger partial charge in [-0.3, -0.25) is 9.59 Å². The molecule has 116 valence electrons. The molecular weight excluding hydrogens is 256 g/mol. The molecule has 1 aliphatic carbocycles. The van der Waals surface area contributed by atoms with Crippen molar-refractivity contribution in [3.05, 3.63) is 0 Å². The van der Waals surface area contributed by atoms with Gasteiger partial charge < -0.3 is 9.47 Å². The van der Waals surface area contributed by atoms with Crippen molar-refractivity contribution in [3.63, 3.8) is 0 Å². The predicted octanol–water partition coefficient (Wildman–Crippen LogP) is 3.33. The van der Waals surface area contributed by atoms with Gasteiger partial charge >= 0.3 is 11.9 Å². The van der Waals surface area contributed by atoms with Crippen LogP contribution in [0.25, 0.3) is 0 Å². The van der Waals surface area contributed by atoms with E-state index in [2.05, 4.69) is 6.92 Å². The van der Waals surface area contributed by atoms with Crippen LogP contribution in [0.4, 0.5) is 0 Å². The monoisotopic (exact) mass is 284 g/mol. The topological polar surface area (TPSA) is 52.6 Å². The lowest BCUT2D eigenvalue weighted by atomic mass is 9.94. The molecule has 3 atom stereocenters. The molecule has 0 spiro atoms. The van der Waals surface area contributed by atoms with E-state index >= 15 is 0 Å². The Bertz CT molecular complexity index is 343. The van der Waals surface area contributed by atoms with E-state index in [9.17, 15) is 9.59 Å². The quantitative estimate of drug-likeness (QED) is 0.727. The zero-order valence-electron chi connectivity index (χ0n) is 13.4. The molecule has 20 heavy (non-hydrogen) atoms. The van der Waals surface area contributed by atoms with Gasteiger partial charge in [0.25, 0.3) is 0 Å². The summed E-state index contributed by atoms with van der Waals surface area (Å²) in [5.41, 5.74) is -0.444. The average molecular weight is 284 g/mol. The lowest BCUT2D eigenvalue weighted by molar-refractivity contribution is -0.156. The highest BCUT2D eigenvalue weighted by molar-refractivity contribution is 5.74. The molecule has 0 aromatic rings. The molecule has 3 unspecified atom stereocenters. The Morgan fingerprint density at radius 1 is 1.15 bits per heavy atom. The fourth-order valence-corrected chi connectivity index (χ4v) is 3.01. The van der Waals surface area contributed by atoms with E-state index in [1.54, 1.807) is 0 Å². The van der Waals surface area contributed by atoms with E-state index in [0.717, 1.165) is 19.3 Å². The van der Waals surface area contributed by atoms with Crippen molar-refractivity contribution in [3.8, 4) is 0 Å². The van der Waals surface area contributed by atoms with E-state index in [4.69, 9.17) is 9.47 Å². The second-order valence-electron chi connectivity index (χ2n) is 6.65. The second-order valence-corrected chi connectivity index (χ2v) is 6.65. The van der Waals surface area contributed by atoms with E-state index in [0.29, 0.717) is 18.9 Å². The molecule has 0 amide bonds. The number of hydrogen-bond donors (Lipinski definition) is 0. The summed E-state index contributed by atoms with van der Waals surface area (Å²) in [7, 11) is 0. The minimum Gasteiger partial charge on any atom is -0.466 e. The Hall–Kier alpha value is -1.06. The van der Waals surface area contributed by atoms with Crippen molar-refractivity contribution in [2.75, 3.05) is 6.61 Å². The Kier molecular flexibility index (Phi) is 6.03. The van der Waals surface area contributed by atoms with Crippen molar-refractivity contribution in [2.45, 2.75) is 65.9 Å². The fourth-order valence-electron chi connectivity index (χ4n) is 3.01. The maximum Gasteiger partial charge on any atom is 0.309 e. The van der Waals surface area contributed by atoms with Gasteiger partial charge in [-0.25, -0.2) is 0 Å². The molecule has 4 heteroatoms. The lowest BCUT2D eigenvalue weighted by Crippen LogP contribution is -2.25. The number of rotatable bonds is 5. The number of carbonyl (C=O) groups is 2. The summed E-state index contributed by atoms with van der Waals surface area (Å²) in [5, 5.41) is 0. The third kappa shape index (κ3) is 5.14. The highest BCUT2D eigenvalue weighted by atomic mass is 16.6. The van der Waals surface area contributed by atoms with Crippen molar-refractivity contribution < 1.29 is 19.1 Å². The van der Waals surface area contributed by atoms with Gasteiger partial charge in [-0.1, -0.05) is 13.3 Å². The maximum absolute atomic E-state index is 11.9. The minimum absolute atomic E-state index is 0.0487. The molecule has 1 aliphatic rings.